The maximum atomic E-state index is 13.6. The van der Waals surface area contributed by atoms with E-state index < -0.39 is 25.1 Å². The number of phenols is 1. The Balaban J connectivity index is 1.45. The number of aliphatic hydroxyl groups is 1. The van der Waals surface area contributed by atoms with Crippen molar-refractivity contribution in [2.24, 2.45) is 17.8 Å². The molecule has 0 unspecified atom stereocenters. The van der Waals surface area contributed by atoms with E-state index in [0.717, 1.165) is 23.1 Å². The normalized spacial score (nSPS) is 26.0. The number of ketones is 2. The van der Waals surface area contributed by atoms with Crippen molar-refractivity contribution in [1.82, 2.24) is 0 Å². The van der Waals surface area contributed by atoms with Crippen LogP contribution in [0, 0.1) is 17.8 Å². The lowest BCUT2D eigenvalue weighted by Crippen LogP contribution is -2.51. The largest absolute Gasteiger partial charge is 0.508 e. The van der Waals surface area contributed by atoms with Gasteiger partial charge < -0.3 is 19.9 Å². The fourth-order valence-corrected chi connectivity index (χ4v) is 6.33. The van der Waals surface area contributed by atoms with E-state index in [-0.39, 0.29) is 36.2 Å². The van der Waals surface area contributed by atoms with Gasteiger partial charge in [-0.25, -0.2) is 0 Å². The van der Waals surface area contributed by atoms with Gasteiger partial charge in [-0.2, -0.15) is 0 Å². The number of phenolic OH excluding ortho intramolecular Hbond substituents is 1. The number of benzene rings is 2. The summed E-state index contributed by atoms with van der Waals surface area (Å²) in [5.41, 5.74) is 4.63. The molecule has 36 heavy (non-hydrogen) atoms. The monoisotopic (exact) mass is 486 g/mol. The van der Waals surface area contributed by atoms with Crippen molar-refractivity contribution in [2.45, 2.75) is 45.0 Å². The second-order valence-corrected chi connectivity index (χ2v) is 10.0. The van der Waals surface area contributed by atoms with Gasteiger partial charge in [-0.05, 0) is 66.8 Å². The van der Waals surface area contributed by atoms with Crippen molar-refractivity contribution < 1.29 is 29.5 Å². The number of hydrogen-bond donors (Lipinski definition) is 3. The molecular weight excluding hydrogens is 455 g/mol. The molecule has 6 nitrogen and oxygen atoms in total. The summed E-state index contributed by atoms with van der Waals surface area (Å²) in [4.78, 5) is 27.0. The van der Waals surface area contributed by atoms with E-state index in [2.05, 4.69) is 13.0 Å². The van der Waals surface area contributed by atoms with Gasteiger partial charge in [0.2, 0.25) is 0 Å². The molecule has 7 heteroatoms. The quantitative estimate of drug-likeness (QED) is 0.411. The number of carbonyl (C=O) groups is 2. The number of hydrogen-bond acceptors (Lipinski definition) is 6. The molecule has 2 aromatic rings. The number of aromatic hydroxyl groups is 1. The Bertz CT molecular complexity index is 1250. The third-order valence-corrected chi connectivity index (χ3v) is 7.98. The summed E-state index contributed by atoms with van der Waals surface area (Å²) in [6.45, 7) is 1.87. The van der Waals surface area contributed by atoms with Crippen LogP contribution in [0.3, 0.4) is 0 Å². The topological polar surface area (TPSA) is 104 Å². The van der Waals surface area contributed by atoms with Crippen LogP contribution in [-0.2, 0) is 4.65 Å². The van der Waals surface area contributed by atoms with Crippen LogP contribution in [0.15, 0.2) is 65.3 Å². The molecular formula is C29H31BO6. The summed E-state index contributed by atoms with van der Waals surface area (Å²) < 4.78 is 5.99. The maximum absolute atomic E-state index is 13.6. The van der Waals surface area contributed by atoms with Gasteiger partial charge in [0.25, 0.3) is 0 Å². The zero-order valence-electron chi connectivity index (χ0n) is 20.4. The first-order chi connectivity index (χ1) is 17.4. The second kappa shape index (κ2) is 10.2. The zero-order chi connectivity index (χ0) is 25.4. The molecule has 0 saturated carbocycles. The number of allylic oxidation sites excluding steroid dienone is 1. The Hall–Kier alpha value is -3.00. The molecule has 2 aliphatic carbocycles. The molecule has 0 radical (unpaired) electrons. The summed E-state index contributed by atoms with van der Waals surface area (Å²) in [6, 6.07) is 14.0. The van der Waals surface area contributed by atoms with Gasteiger partial charge in [0.1, 0.15) is 5.75 Å². The van der Waals surface area contributed by atoms with Gasteiger partial charge in [0.05, 0.1) is 12.7 Å². The number of fused-ring (bicyclic) bond motifs is 4. The van der Waals surface area contributed by atoms with E-state index in [9.17, 15) is 24.8 Å². The summed E-state index contributed by atoms with van der Waals surface area (Å²) in [5.74, 6) is -1.31. The highest BCUT2D eigenvalue weighted by Crippen LogP contribution is 2.50. The fourth-order valence-electron chi connectivity index (χ4n) is 6.33. The first-order valence-corrected chi connectivity index (χ1v) is 12.7. The lowest BCUT2D eigenvalue weighted by molar-refractivity contribution is 0.0590. The average Bonchev–Trinajstić information content (AvgIpc) is 2.88. The zero-order valence-corrected chi connectivity index (χ0v) is 20.4. The molecule has 0 bridgehead atoms. The molecule has 2 aromatic carbocycles. The number of rotatable bonds is 6. The summed E-state index contributed by atoms with van der Waals surface area (Å²) in [7, 11) is -1.04. The minimum absolute atomic E-state index is 0.0550. The molecule has 0 aromatic heterocycles. The predicted octanol–water partition coefficient (Wildman–Crippen LogP) is 4.47. The van der Waals surface area contributed by atoms with Crippen molar-refractivity contribution >= 4 is 24.8 Å². The van der Waals surface area contributed by atoms with Crippen molar-refractivity contribution in [2.75, 3.05) is 6.61 Å². The standard InChI is InChI=1S/C29H31BO6/c1-2-17(12-18-6-5-7-20(32)13-18)10-11-25-26-19(16-31)14-23-27(24(26)15-30(35)36-25)29(34)22-9-4-3-8-21(22)28(23)33/h3-9,12-13,23-25,27,31-32,35H,2,10-11,14-16H2,1H3/b17-12+/t23-,24+,25-,27-/m1/s1. The van der Waals surface area contributed by atoms with Gasteiger partial charge in [0, 0.05) is 23.0 Å². The molecule has 1 aliphatic heterocycles. The van der Waals surface area contributed by atoms with Crippen LogP contribution in [0.2, 0.25) is 6.32 Å². The Kier molecular flexibility index (Phi) is 6.97. The summed E-state index contributed by atoms with van der Waals surface area (Å²) >= 11 is 0. The average molecular weight is 486 g/mol. The van der Waals surface area contributed by atoms with Gasteiger partial charge in [0.15, 0.2) is 11.6 Å². The molecule has 186 valence electrons. The van der Waals surface area contributed by atoms with Crippen LogP contribution in [0.4, 0.5) is 0 Å². The molecule has 0 spiro atoms. The van der Waals surface area contributed by atoms with Crippen LogP contribution in [0.1, 0.15) is 58.9 Å². The van der Waals surface area contributed by atoms with Crippen molar-refractivity contribution in [1.29, 1.82) is 0 Å². The lowest BCUT2D eigenvalue weighted by atomic mass is 9.54. The van der Waals surface area contributed by atoms with E-state index in [1.165, 1.54) is 5.57 Å². The highest BCUT2D eigenvalue weighted by atomic mass is 16.5. The summed E-state index contributed by atoms with van der Waals surface area (Å²) in [6.07, 6.45) is 4.27. The Morgan fingerprint density at radius 1 is 1.08 bits per heavy atom. The third kappa shape index (κ3) is 4.47. The Labute approximate surface area is 211 Å². The molecule has 1 fully saturated rings. The van der Waals surface area contributed by atoms with Gasteiger partial charge >= 0.3 is 7.12 Å². The van der Waals surface area contributed by atoms with Gasteiger partial charge in [-0.1, -0.05) is 55.0 Å². The molecule has 0 amide bonds. The van der Waals surface area contributed by atoms with E-state index in [0.29, 0.717) is 30.4 Å². The van der Waals surface area contributed by atoms with Crippen molar-refractivity contribution in [3.05, 3.63) is 81.9 Å². The highest BCUT2D eigenvalue weighted by Gasteiger charge is 2.53. The van der Waals surface area contributed by atoms with Crippen LogP contribution in [0.25, 0.3) is 6.08 Å². The van der Waals surface area contributed by atoms with Crippen LogP contribution in [-0.4, -0.2) is 46.6 Å². The molecule has 1 heterocycles. The Morgan fingerprint density at radius 3 is 2.53 bits per heavy atom. The van der Waals surface area contributed by atoms with Crippen molar-refractivity contribution in [3.63, 3.8) is 0 Å². The SMILES string of the molecule is CC/C(=C\c1cccc(O)c1)CC[C@H]1OB(O)C[C@H]2C1=C(CO)C[C@H]1C(=O)c3ccccc3C(=O)[C@H]12. The first-order valence-electron chi connectivity index (χ1n) is 12.7. The highest BCUT2D eigenvalue weighted by molar-refractivity contribution is 6.43. The van der Waals surface area contributed by atoms with E-state index in [1.54, 1.807) is 42.5 Å². The van der Waals surface area contributed by atoms with E-state index in [1.807, 2.05) is 6.07 Å². The fraction of sp³-hybridized carbons (Fsp3) is 0.379. The van der Waals surface area contributed by atoms with E-state index in [4.69, 9.17) is 4.65 Å². The summed E-state index contributed by atoms with van der Waals surface area (Å²) in [5, 5.41) is 30.7. The lowest BCUT2D eigenvalue weighted by Gasteiger charge is -2.47. The molecule has 5 rings (SSSR count). The number of carbonyl (C=O) groups excluding carboxylic acids is 2. The maximum Gasteiger partial charge on any atom is 0.455 e. The smallest absolute Gasteiger partial charge is 0.455 e. The number of aliphatic hydroxyl groups excluding tert-OH is 1. The molecule has 4 atom stereocenters. The van der Waals surface area contributed by atoms with Crippen LogP contribution < -0.4 is 0 Å². The second-order valence-electron chi connectivity index (χ2n) is 10.0. The predicted molar refractivity (Wildman–Crippen MR) is 138 cm³/mol. The van der Waals surface area contributed by atoms with Gasteiger partial charge in [-0.15, -0.1) is 0 Å². The Morgan fingerprint density at radius 2 is 1.83 bits per heavy atom. The minimum atomic E-state index is -1.04. The van der Waals surface area contributed by atoms with Crippen molar-refractivity contribution in [3.8, 4) is 5.75 Å². The molecule has 1 saturated heterocycles. The van der Waals surface area contributed by atoms with Crippen LogP contribution in [0.5, 0.6) is 5.75 Å². The first kappa shape index (κ1) is 24.7. The van der Waals surface area contributed by atoms with Gasteiger partial charge in [-0.3, -0.25) is 9.59 Å². The van der Waals surface area contributed by atoms with E-state index >= 15 is 0 Å². The molecule has 3 aliphatic rings. The molecule has 3 N–H and O–H groups in total. The number of Topliss-reactive ketones (excluding diaryl/α,β-unsaturated/α-hetero) is 2. The minimum Gasteiger partial charge on any atom is -0.508 e. The van der Waals surface area contributed by atoms with Crippen LogP contribution >= 0.6 is 0 Å². The third-order valence-electron chi connectivity index (χ3n) is 7.98.